The van der Waals surface area contributed by atoms with Gasteiger partial charge in [0.05, 0.1) is 0 Å². The summed E-state index contributed by atoms with van der Waals surface area (Å²) in [5.74, 6) is -1.25. The van der Waals surface area contributed by atoms with Crippen molar-refractivity contribution >= 4 is 21.9 Å². The maximum Gasteiger partial charge on any atom is 0.323 e. The number of aliphatic hydroxyl groups excluding tert-OH is 1. The molecular weight excluding hydrogens is 252 g/mol. The largest absolute Gasteiger partial charge is 0.480 e. The first-order chi connectivity index (χ1) is 6.52. The Balaban J connectivity index is 2.84. The van der Waals surface area contributed by atoms with E-state index in [1.807, 2.05) is 0 Å². The molecule has 0 aliphatic carbocycles. The summed E-state index contributed by atoms with van der Waals surface area (Å²) < 4.78 is 0.609. The Labute approximate surface area is 88.7 Å². The lowest BCUT2D eigenvalue weighted by Crippen LogP contribution is -2.36. The minimum atomic E-state index is -1.34. The first-order valence-corrected chi connectivity index (χ1v) is 4.59. The third-order valence-corrected chi connectivity index (χ3v) is 2.19. The van der Waals surface area contributed by atoms with E-state index in [0.29, 0.717) is 10.2 Å². The predicted octanol–water partition coefficient (Wildman–Crippen LogP) is 0.289. The summed E-state index contributed by atoms with van der Waals surface area (Å²) in [6.45, 7) is 0. The van der Waals surface area contributed by atoms with Crippen molar-refractivity contribution < 1.29 is 15.0 Å². The minimum Gasteiger partial charge on any atom is -0.480 e. The third-order valence-electron chi connectivity index (χ3n) is 1.72. The summed E-state index contributed by atoms with van der Waals surface area (Å²) in [5, 5.41) is 18.0. The van der Waals surface area contributed by atoms with E-state index in [1.165, 1.54) is 6.20 Å². The van der Waals surface area contributed by atoms with Gasteiger partial charge in [-0.2, -0.15) is 0 Å². The molecule has 1 heterocycles. The highest BCUT2D eigenvalue weighted by atomic mass is 79.9. The Hall–Kier alpha value is -0.980. The van der Waals surface area contributed by atoms with Crippen molar-refractivity contribution in [1.29, 1.82) is 0 Å². The normalized spacial score (nSPS) is 14.8. The number of hydrogen-bond acceptors (Lipinski definition) is 4. The molecule has 0 fully saturated rings. The van der Waals surface area contributed by atoms with Crippen molar-refractivity contribution in [2.45, 2.75) is 12.1 Å². The number of halogens is 1. The lowest BCUT2D eigenvalue weighted by Gasteiger charge is -2.14. The minimum absolute atomic E-state index is 0.378. The number of nitrogens with two attached hydrogens (primary N) is 1. The van der Waals surface area contributed by atoms with Crippen LogP contribution in [-0.2, 0) is 4.79 Å². The fourth-order valence-corrected chi connectivity index (χ4v) is 1.14. The molecule has 1 rings (SSSR count). The molecule has 0 radical (unpaired) electrons. The molecular formula is C8H9BrN2O3. The summed E-state index contributed by atoms with van der Waals surface area (Å²) >= 11 is 3.12. The van der Waals surface area contributed by atoms with Gasteiger partial charge in [-0.25, -0.2) is 4.98 Å². The standard InChI is InChI=1S/C8H9BrN2O3/c9-5-2-1-4(3-11-5)7(12)6(10)8(13)14/h1-3,6-7,12H,10H2,(H,13,14). The average Bonchev–Trinajstić information content (AvgIpc) is 2.16. The number of pyridine rings is 1. The van der Waals surface area contributed by atoms with Gasteiger partial charge < -0.3 is 15.9 Å². The SMILES string of the molecule is NC(C(=O)O)C(O)c1ccc(Br)nc1. The van der Waals surface area contributed by atoms with Crippen molar-refractivity contribution in [3.63, 3.8) is 0 Å². The summed E-state index contributed by atoms with van der Waals surface area (Å²) in [7, 11) is 0. The van der Waals surface area contributed by atoms with Crippen LogP contribution in [0, 0.1) is 0 Å². The molecule has 0 aromatic carbocycles. The van der Waals surface area contributed by atoms with Crippen molar-refractivity contribution in [2.75, 3.05) is 0 Å². The fraction of sp³-hybridized carbons (Fsp3) is 0.250. The number of rotatable bonds is 3. The van der Waals surface area contributed by atoms with Gasteiger partial charge in [-0.3, -0.25) is 4.79 Å². The van der Waals surface area contributed by atoms with Crippen LogP contribution in [0.5, 0.6) is 0 Å². The van der Waals surface area contributed by atoms with E-state index in [0.717, 1.165) is 0 Å². The molecule has 2 atom stereocenters. The van der Waals surface area contributed by atoms with Gasteiger partial charge in [0.1, 0.15) is 16.7 Å². The number of aliphatic carboxylic acids is 1. The number of aliphatic hydroxyl groups is 1. The summed E-state index contributed by atoms with van der Waals surface area (Å²) in [4.78, 5) is 14.3. The lowest BCUT2D eigenvalue weighted by atomic mass is 10.1. The van der Waals surface area contributed by atoms with Gasteiger partial charge in [0.25, 0.3) is 0 Å². The second kappa shape index (κ2) is 4.50. The smallest absolute Gasteiger partial charge is 0.323 e. The van der Waals surface area contributed by atoms with E-state index in [1.54, 1.807) is 12.1 Å². The Morgan fingerprint density at radius 3 is 2.64 bits per heavy atom. The number of hydrogen-bond donors (Lipinski definition) is 3. The monoisotopic (exact) mass is 260 g/mol. The van der Waals surface area contributed by atoms with Crippen LogP contribution < -0.4 is 5.73 Å². The zero-order valence-electron chi connectivity index (χ0n) is 7.09. The number of carbonyl (C=O) groups is 1. The topological polar surface area (TPSA) is 96.4 Å². The van der Waals surface area contributed by atoms with Crippen molar-refractivity contribution in [3.8, 4) is 0 Å². The van der Waals surface area contributed by atoms with E-state index in [-0.39, 0.29) is 0 Å². The van der Waals surface area contributed by atoms with Gasteiger partial charge in [0.15, 0.2) is 0 Å². The zero-order chi connectivity index (χ0) is 10.7. The van der Waals surface area contributed by atoms with Gasteiger partial charge in [-0.1, -0.05) is 6.07 Å². The second-order valence-electron chi connectivity index (χ2n) is 2.72. The molecule has 0 bridgehead atoms. The molecule has 5 nitrogen and oxygen atoms in total. The fourth-order valence-electron chi connectivity index (χ4n) is 0.905. The molecule has 0 amide bonds. The van der Waals surface area contributed by atoms with Crippen LogP contribution >= 0.6 is 15.9 Å². The quantitative estimate of drug-likeness (QED) is 0.679. The van der Waals surface area contributed by atoms with Gasteiger partial charge in [0, 0.05) is 11.8 Å². The van der Waals surface area contributed by atoms with E-state index >= 15 is 0 Å². The van der Waals surface area contributed by atoms with Crippen LogP contribution in [0.15, 0.2) is 22.9 Å². The van der Waals surface area contributed by atoms with E-state index < -0.39 is 18.1 Å². The maximum atomic E-state index is 10.5. The van der Waals surface area contributed by atoms with Crippen molar-refractivity contribution in [2.24, 2.45) is 5.73 Å². The van der Waals surface area contributed by atoms with Crippen LogP contribution in [0.2, 0.25) is 0 Å². The molecule has 0 saturated heterocycles. The van der Waals surface area contributed by atoms with Crippen LogP contribution in [0.3, 0.4) is 0 Å². The molecule has 4 N–H and O–H groups in total. The Morgan fingerprint density at radius 2 is 2.21 bits per heavy atom. The number of carboxylic acids is 1. The van der Waals surface area contributed by atoms with Crippen molar-refractivity contribution in [3.05, 3.63) is 28.5 Å². The Kier molecular flexibility index (Phi) is 3.56. The van der Waals surface area contributed by atoms with E-state index in [2.05, 4.69) is 20.9 Å². The van der Waals surface area contributed by atoms with Gasteiger partial charge in [0.2, 0.25) is 0 Å². The lowest BCUT2D eigenvalue weighted by molar-refractivity contribution is -0.141. The zero-order valence-corrected chi connectivity index (χ0v) is 8.68. The molecule has 6 heteroatoms. The van der Waals surface area contributed by atoms with Crippen LogP contribution in [0.4, 0.5) is 0 Å². The predicted molar refractivity (Wildman–Crippen MR) is 52.5 cm³/mol. The number of aromatic nitrogens is 1. The molecule has 1 aromatic rings. The number of carboxylic acid groups (broad SMARTS) is 1. The molecule has 76 valence electrons. The first kappa shape index (κ1) is 11.1. The summed E-state index contributed by atoms with van der Waals surface area (Å²) in [6.07, 6.45) is 0.130. The van der Waals surface area contributed by atoms with Gasteiger partial charge in [-0.05, 0) is 22.0 Å². The van der Waals surface area contributed by atoms with E-state index in [9.17, 15) is 9.90 Å². The van der Waals surface area contributed by atoms with Crippen molar-refractivity contribution in [1.82, 2.24) is 4.98 Å². The first-order valence-electron chi connectivity index (χ1n) is 3.80. The molecule has 2 unspecified atom stereocenters. The molecule has 14 heavy (non-hydrogen) atoms. The van der Waals surface area contributed by atoms with Crippen LogP contribution in [0.25, 0.3) is 0 Å². The highest BCUT2D eigenvalue weighted by Crippen LogP contribution is 2.16. The van der Waals surface area contributed by atoms with Gasteiger partial charge >= 0.3 is 5.97 Å². The summed E-state index contributed by atoms with van der Waals surface area (Å²) in [5.41, 5.74) is 5.62. The van der Waals surface area contributed by atoms with Crippen LogP contribution in [-0.4, -0.2) is 27.2 Å². The molecule has 0 aliphatic rings. The Bertz CT molecular complexity index is 328. The molecule has 0 spiro atoms. The number of nitrogens with zero attached hydrogens (tertiary/aromatic N) is 1. The molecule has 1 aromatic heterocycles. The Morgan fingerprint density at radius 1 is 1.57 bits per heavy atom. The summed E-state index contributed by atoms with van der Waals surface area (Å²) in [6, 6.07) is 1.83. The molecule has 0 aliphatic heterocycles. The van der Waals surface area contributed by atoms with Crippen LogP contribution in [0.1, 0.15) is 11.7 Å². The second-order valence-corrected chi connectivity index (χ2v) is 3.54. The third kappa shape index (κ3) is 2.50. The average molecular weight is 261 g/mol. The van der Waals surface area contributed by atoms with E-state index in [4.69, 9.17) is 10.8 Å². The molecule has 0 saturated carbocycles. The van der Waals surface area contributed by atoms with Gasteiger partial charge in [-0.15, -0.1) is 0 Å². The maximum absolute atomic E-state index is 10.5. The highest BCUT2D eigenvalue weighted by Gasteiger charge is 2.23. The highest BCUT2D eigenvalue weighted by molar-refractivity contribution is 9.10.